The predicted molar refractivity (Wildman–Crippen MR) is 85.7 cm³/mol. The summed E-state index contributed by atoms with van der Waals surface area (Å²) in [6, 6.07) is 7.96. The summed E-state index contributed by atoms with van der Waals surface area (Å²) in [5.41, 5.74) is 2.02. The third kappa shape index (κ3) is 4.52. The number of Topliss-reactive ketones (excluding diaryl/α,β-unsaturated/α-hetero) is 2. The molecule has 0 atom stereocenters. The maximum Gasteiger partial charge on any atom is 0.170 e. The first-order valence-corrected chi connectivity index (χ1v) is 8.25. The van der Waals surface area contributed by atoms with Crippen molar-refractivity contribution < 1.29 is 9.59 Å². The molecule has 1 fully saturated rings. The van der Waals surface area contributed by atoms with Gasteiger partial charge in [-0.15, -0.1) is 0 Å². The van der Waals surface area contributed by atoms with E-state index in [2.05, 4.69) is 19.1 Å². The van der Waals surface area contributed by atoms with E-state index in [1.165, 1.54) is 31.2 Å². The normalized spacial score (nSPS) is 22.0. The van der Waals surface area contributed by atoms with Gasteiger partial charge in [0.05, 0.1) is 6.42 Å². The average Bonchev–Trinajstić information content (AvgIpc) is 2.48. The maximum absolute atomic E-state index is 12.0. The average molecular weight is 286 g/mol. The molecule has 1 aromatic rings. The highest BCUT2D eigenvalue weighted by atomic mass is 16.1. The SMILES string of the molecule is CCCC(=O)CC(=O)c1ccc(C2CCC(C)CC2)cc1. The topological polar surface area (TPSA) is 34.1 Å². The fraction of sp³-hybridized carbons (Fsp3) is 0.579. The van der Waals surface area contributed by atoms with Gasteiger partial charge in [-0.1, -0.05) is 51.0 Å². The second-order valence-electron chi connectivity index (χ2n) is 6.47. The number of hydrogen-bond donors (Lipinski definition) is 0. The summed E-state index contributed by atoms with van der Waals surface area (Å²) in [6.07, 6.45) is 6.48. The number of ketones is 2. The van der Waals surface area contributed by atoms with Crippen molar-refractivity contribution in [2.75, 3.05) is 0 Å². The first kappa shape index (κ1) is 15.9. The lowest BCUT2D eigenvalue weighted by Crippen LogP contribution is -2.11. The molecule has 0 saturated heterocycles. The van der Waals surface area contributed by atoms with Gasteiger partial charge in [-0.05, 0) is 36.7 Å². The molecule has 2 nitrogen and oxygen atoms in total. The Balaban J connectivity index is 1.95. The summed E-state index contributed by atoms with van der Waals surface area (Å²) in [6.45, 7) is 4.29. The van der Waals surface area contributed by atoms with E-state index in [1.807, 2.05) is 19.1 Å². The fourth-order valence-electron chi connectivity index (χ4n) is 3.18. The maximum atomic E-state index is 12.0. The van der Waals surface area contributed by atoms with Crippen molar-refractivity contribution in [3.05, 3.63) is 35.4 Å². The van der Waals surface area contributed by atoms with E-state index in [1.54, 1.807) is 0 Å². The van der Waals surface area contributed by atoms with Crippen molar-refractivity contribution in [3.63, 3.8) is 0 Å². The van der Waals surface area contributed by atoms with E-state index in [0.717, 1.165) is 12.3 Å². The third-order valence-corrected chi connectivity index (χ3v) is 4.61. The molecule has 1 saturated carbocycles. The largest absolute Gasteiger partial charge is 0.299 e. The summed E-state index contributed by atoms with van der Waals surface area (Å²) in [4.78, 5) is 23.6. The van der Waals surface area contributed by atoms with Gasteiger partial charge in [0.25, 0.3) is 0 Å². The Hall–Kier alpha value is -1.44. The van der Waals surface area contributed by atoms with E-state index >= 15 is 0 Å². The molecule has 0 bridgehead atoms. The smallest absolute Gasteiger partial charge is 0.170 e. The van der Waals surface area contributed by atoms with Crippen LogP contribution in [0.15, 0.2) is 24.3 Å². The molecule has 1 aliphatic rings. The van der Waals surface area contributed by atoms with E-state index in [9.17, 15) is 9.59 Å². The van der Waals surface area contributed by atoms with E-state index in [4.69, 9.17) is 0 Å². The quantitative estimate of drug-likeness (QED) is 0.549. The standard InChI is InChI=1S/C19H26O2/c1-3-4-18(20)13-19(21)17-11-9-16(10-12-17)15-7-5-14(2)6-8-15/h9-12,14-15H,3-8,13H2,1-2H3. The van der Waals surface area contributed by atoms with Crippen LogP contribution in [0.25, 0.3) is 0 Å². The van der Waals surface area contributed by atoms with E-state index < -0.39 is 0 Å². The molecule has 0 N–H and O–H groups in total. The van der Waals surface area contributed by atoms with Crippen molar-refractivity contribution in [1.29, 1.82) is 0 Å². The lowest BCUT2D eigenvalue weighted by atomic mass is 9.79. The van der Waals surface area contributed by atoms with Crippen LogP contribution in [-0.4, -0.2) is 11.6 Å². The molecular formula is C19H26O2. The Labute approximate surface area is 127 Å². The van der Waals surface area contributed by atoms with Crippen molar-refractivity contribution in [2.45, 2.75) is 64.7 Å². The highest BCUT2D eigenvalue weighted by Crippen LogP contribution is 2.35. The highest BCUT2D eigenvalue weighted by molar-refractivity contribution is 6.07. The number of benzene rings is 1. The second-order valence-corrected chi connectivity index (χ2v) is 6.47. The Morgan fingerprint density at radius 1 is 1.05 bits per heavy atom. The van der Waals surface area contributed by atoms with Gasteiger partial charge in [-0.25, -0.2) is 0 Å². The minimum Gasteiger partial charge on any atom is -0.299 e. The van der Waals surface area contributed by atoms with Crippen LogP contribution in [0.2, 0.25) is 0 Å². The van der Waals surface area contributed by atoms with Crippen LogP contribution in [0.5, 0.6) is 0 Å². The molecule has 0 radical (unpaired) electrons. The molecule has 0 spiro atoms. The van der Waals surface area contributed by atoms with Crippen LogP contribution in [0.3, 0.4) is 0 Å². The fourth-order valence-corrected chi connectivity index (χ4v) is 3.18. The molecule has 1 aromatic carbocycles. The molecular weight excluding hydrogens is 260 g/mol. The number of carbonyl (C=O) groups is 2. The predicted octanol–water partition coefficient (Wildman–Crippen LogP) is 4.92. The molecule has 114 valence electrons. The molecule has 0 unspecified atom stereocenters. The molecule has 21 heavy (non-hydrogen) atoms. The summed E-state index contributed by atoms with van der Waals surface area (Å²) in [7, 11) is 0. The minimum absolute atomic E-state index is 0.0442. The lowest BCUT2D eigenvalue weighted by Gasteiger charge is -2.26. The van der Waals surface area contributed by atoms with Gasteiger partial charge in [0.2, 0.25) is 0 Å². The molecule has 2 heteroatoms. The zero-order chi connectivity index (χ0) is 15.2. The molecule has 0 aliphatic heterocycles. The van der Waals surface area contributed by atoms with Crippen LogP contribution < -0.4 is 0 Å². The van der Waals surface area contributed by atoms with Crippen molar-refractivity contribution in [3.8, 4) is 0 Å². The van der Waals surface area contributed by atoms with Crippen LogP contribution in [0.1, 0.15) is 80.6 Å². The Morgan fingerprint density at radius 3 is 2.24 bits per heavy atom. The van der Waals surface area contributed by atoms with Gasteiger partial charge in [-0.3, -0.25) is 9.59 Å². The number of hydrogen-bond acceptors (Lipinski definition) is 2. The lowest BCUT2D eigenvalue weighted by molar-refractivity contribution is -0.118. The zero-order valence-electron chi connectivity index (χ0n) is 13.2. The summed E-state index contributed by atoms with van der Waals surface area (Å²) >= 11 is 0. The van der Waals surface area contributed by atoms with Gasteiger partial charge in [0.15, 0.2) is 5.78 Å². The van der Waals surface area contributed by atoms with Crippen LogP contribution in [-0.2, 0) is 4.79 Å². The van der Waals surface area contributed by atoms with Gasteiger partial charge >= 0.3 is 0 Å². The molecule has 0 heterocycles. The zero-order valence-corrected chi connectivity index (χ0v) is 13.2. The van der Waals surface area contributed by atoms with Gasteiger partial charge in [-0.2, -0.15) is 0 Å². The van der Waals surface area contributed by atoms with Crippen LogP contribution >= 0.6 is 0 Å². The second kappa shape index (κ2) is 7.53. The van der Waals surface area contributed by atoms with Crippen molar-refractivity contribution in [2.24, 2.45) is 5.92 Å². The van der Waals surface area contributed by atoms with Gasteiger partial charge in [0.1, 0.15) is 5.78 Å². The van der Waals surface area contributed by atoms with E-state index in [-0.39, 0.29) is 18.0 Å². The minimum atomic E-state index is -0.0442. The third-order valence-electron chi connectivity index (χ3n) is 4.61. The molecule has 1 aliphatic carbocycles. The number of rotatable bonds is 6. The molecule has 0 amide bonds. The van der Waals surface area contributed by atoms with Crippen molar-refractivity contribution in [1.82, 2.24) is 0 Å². The summed E-state index contributed by atoms with van der Waals surface area (Å²) < 4.78 is 0. The van der Waals surface area contributed by atoms with E-state index in [0.29, 0.717) is 17.9 Å². The van der Waals surface area contributed by atoms with Gasteiger partial charge in [0, 0.05) is 12.0 Å². The molecule has 0 aromatic heterocycles. The Bertz CT molecular complexity index is 479. The van der Waals surface area contributed by atoms with Gasteiger partial charge < -0.3 is 0 Å². The van der Waals surface area contributed by atoms with Crippen molar-refractivity contribution >= 4 is 11.6 Å². The summed E-state index contributed by atoms with van der Waals surface area (Å²) in [5, 5.41) is 0. The molecule has 2 rings (SSSR count). The van der Waals surface area contributed by atoms with Crippen LogP contribution in [0.4, 0.5) is 0 Å². The first-order valence-electron chi connectivity index (χ1n) is 8.25. The monoisotopic (exact) mass is 286 g/mol. The Morgan fingerprint density at radius 2 is 1.67 bits per heavy atom. The van der Waals surface area contributed by atoms with Crippen LogP contribution in [0, 0.1) is 5.92 Å². The Kier molecular flexibility index (Phi) is 5.72. The first-order chi connectivity index (χ1) is 10.1. The summed E-state index contributed by atoms with van der Waals surface area (Å²) in [5.74, 6) is 1.50. The highest BCUT2D eigenvalue weighted by Gasteiger charge is 2.20. The number of carbonyl (C=O) groups excluding carboxylic acids is 2.